The highest BCUT2D eigenvalue weighted by Gasteiger charge is 2.20. The van der Waals surface area contributed by atoms with Crippen molar-refractivity contribution in [1.29, 1.82) is 0 Å². The minimum absolute atomic E-state index is 0. The normalized spacial score (nSPS) is 17.8. The van der Waals surface area contributed by atoms with E-state index in [1.165, 1.54) is 7.11 Å². The molecule has 22 heavy (non-hydrogen) atoms. The van der Waals surface area contributed by atoms with Crippen LogP contribution in [0, 0.1) is 0 Å². The monoisotopic (exact) mass is 348 g/mol. The summed E-state index contributed by atoms with van der Waals surface area (Å²) in [5.41, 5.74) is 0.723. The predicted octanol–water partition coefficient (Wildman–Crippen LogP) is 1.07. The summed E-state index contributed by atoms with van der Waals surface area (Å²) in [6, 6.07) is 6.76. The predicted molar refractivity (Wildman–Crippen MR) is 86.7 cm³/mol. The number of carbonyl (C=O) groups is 1. The molecule has 6 nitrogen and oxygen atoms in total. The maximum Gasteiger partial charge on any atom is 0.338 e. The van der Waals surface area contributed by atoms with Crippen LogP contribution < -0.4 is 10.0 Å². The van der Waals surface area contributed by atoms with Crippen molar-refractivity contribution in [2.24, 2.45) is 0 Å². The van der Waals surface area contributed by atoms with Gasteiger partial charge in [0, 0.05) is 12.6 Å². The highest BCUT2D eigenvalue weighted by molar-refractivity contribution is 7.88. The van der Waals surface area contributed by atoms with Crippen LogP contribution >= 0.6 is 12.4 Å². The third kappa shape index (κ3) is 5.24. The molecule has 1 aromatic carbocycles. The standard InChI is InChI=1S/C14H20N2O4S.ClH/c1-20-14(17)13-7-3-2-5-11(13)10-21(18,19)16-9-12-6-4-8-15-12;/h2-3,5,7,12,15-16H,4,6,8-10H2,1H3;1H. The minimum atomic E-state index is -3.48. The van der Waals surface area contributed by atoms with Crippen molar-refractivity contribution in [3.63, 3.8) is 0 Å². The molecule has 0 aromatic heterocycles. The van der Waals surface area contributed by atoms with Crippen LogP contribution in [0.1, 0.15) is 28.8 Å². The molecular weight excluding hydrogens is 328 g/mol. The SMILES string of the molecule is COC(=O)c1ccccc1CS(=O)(=O)NCC1CCCN1.Cl. The molecular formula is C14H21ClN2O4S. The van der Waals surface area contributed by atoms with E-state index < -0.39 is 16.0 Å². The first-order valence-corrected chi connectivity index (χ1v) is 8.54. The molecule has 8 heteroatoms. The number of sulfonamides is 1. The first-order chi connectivity index (χ1) is 10.0. The summed E-state index contributed by atoms with van der Waals surface area (Å²) >= 11 is 0. The lowest BCUT2D eigenvalue weighted by molar-refractivity contribution is 0.0600. The number of nitrogens with one attached hydrogen (secondary N) is 2. The Morgan fingerprint density at radius 3 is 2.77 bits per heavy atom. The van der Waals surface area contributed by atoms with E-state index in [9.17, 15) is 13.2 Å². The Labute approximate surface area is 137 Å². The Morgan fingerprint density at radius 1 is 1.41 bits per heavy atom. The van der Waals surface area contributed by atoms with E-state index in [4.69, 9.17) is 0 Å². The van der Waals surface area contributed by atoms with Gasteiger partial charge in [0.2, 0.25) is 10.0 Å². The zero-order valence-electron chi connectivity index (χ0n) is 12.4. The summed E-state index contributed by atoms with van der Waals surface area (Å²) in [6.45, 7) is 1.31. The van der Waals surface area contributed by atoms with Gasteiger partial charge < -0.3 is 10.1 Å². The number of esters is 1. The van der Waals surface area contributed by atoms with Gasteiger partial charge in [-0.3, -0.25) is 0 Å². The van der Waals surface area contributed by atoms with Crippen LogP contribution in [-0.2, 0) is 20.5 Å². The van der Waals surface area contributed by atoms with Crippen molar-refractivity contribution >= 4 is 28.4 Å². The van der Waals surface area contributed by atoms with E-state index in [0.717, 1.165) is 19.4 Å². The third-order valence-corrected chi connectivity index (χ3v) is 4.78. The van der Waals surface area contributed by atoms with Crippen molar-refractivity contribution in [3.05, 3.63) is 35.4 Å². The number of hydrogen-bond donors (Lipinski definition) is 2. The lowest BCUT2D eigenvalue weighted by Crippen LogP contribution is -2.37. The van der Waals surface area contributed by atoms with Gasteiger partial charge in [0.05, 0.1) is 18.4 Å². The second kappa shape index (κ2) is 8.47. The summed E-state index contributed by atoms with van der Waals surface area (Å²) in [4.78, 5) is 11.6. The lowest BCUT2D eigenvalue weighted by atomic mass is 10.1. The van der Waals surface area contributed by atoms with Crippen LogP contribution in [0.25, 0.3) is 0 Å². The van der Waals surface area contributed by atoms with Gasteiger partial charge in [-0.05, 0) is 31.0 Å². The van der Waals surface area contributed by atoms with Crippen LogP contribution in [0.2, 0.25) is 0 Å². The molecule has 1 unspecified atom stereocenters. The third-order valence-electron chi connectivity index (χ3n) is 3.48. The number of hydrogen-bond acceptors (Lipinski definition) is 5. The molecule has 0 bridgehead atoms. The van der Waals surface area contributed by atoms with Gasteiger partial charge >= 0.3 is 5.97 Å². The highest BCUT2D eigenvalue weighted by atomic mass is 35.5. The van der Waals surface area contributed by atoms with E-state index in [1.54, 1.807) is 24.3 Å². The van der Waals surface area contributed by atoms with E-state index in [0.29, 0.717) is 12.1 Å². The molecule has 0 amide bonds. The molecule has 1 atom stereocenters. The molecule has 2 rings (SSSR count). The Hall–Kier alpha value is -1.15. The fourth-order valence-electron chi connectivity index (χ4n) is 2.37. The summed E-state index contributed by atoms with van der Waals surface area (Å²) < 4.78 is 31.5. The second-order valence-electron chi connectivity index (χ2n) is 5.05. The Balaban J connectivity index is 0.00000242. The van der Waals surface area contributed by atoms with Gasteiger partial charge in [-0.2, -0.15) is 0 Å². The molecule has 1 heterocycles. The first kappa shape index (κ1) is 18.9. The Morgan fingerprint density at radius 2 is 2.14 bits per heavy atom. The van der Waals surface area contributed by atoms with E-state index in [2.05, 4.69) is 14.8 Å². The molecule has 1 aliphatic heterocycles. The summed E-state index contributed by atoms with van der Waals surface area (Å²) in [7, 11) is -2.21. The van der Waals surface area contributed by atoms with Crippen LogP contribution in [0.15, 0.2) is 24.3 Å². The maximum atomic E-state index is 12.1. The fourth-order valence-corrected chi connectivity index (χ4v) is 3.59. The van der Waals surface area contributed by atoms with Crippen LogP contribution in [0.4, 0.5) is 0 Å². The summed E-state index contributed by atoms with van der Waals surface area (Å²) in [5, 5.41) is 3.23. The van der Waals surface area contributed by atoms with Gasteiger partial charge in [-0.1, -0.05) is 18.2 Å². The molecule has 0 spiro atoms. The van der Waals surface area contributed by atoms with Crippen molar-refractivity contribution in [1.82, 2.24) is 10.0 Å². The number of halogens is 1. The molecule has 1 saturated heterocycles. The van der Waals surface area contributed by atoms with Gasteiger partial charge in [-0.15, -0.1) is 12.4 Å². The van der Waals surface area contributed by atoms with E-state index >= 15 is 0 Å². The lowest BCUT2D eigenvalue weighted by Gasteiger charge is -2.13. The number of ether oxygens (including phenoxy) is 1. The summed E-state index contributed by atoms with van der Waals surface area (Å²) in [5.74, 6) is -0.761. The summed E-state index contributed by atoms with van der Waals surface area (Å²) in [6.07, 6.45) is 2.04. The molecule has 2 N–H and O–H groups in total. The molecule has 0 saturated carbocycles. The van der Waals surface area contributed by atoms with Crippen LogP contribution in [-0.4, -0.2) is 40.6 Å². The Kier molecular flexibility index (Phi) is 7.28. The van der Waals surface area contributed by atoms with Crippen molar-refractivity contribution < 1.29 is 17.9 Å². The first-order valence-electron chi connectivity index (χ1n) is 6.89. The topological polar surface area (TPSA) is 84.5 Å². The molecule has 0 aliphatic carbocycles. The van der Waals surface area contributed by atoms with Gasteiger partial charge in [0.15, 0.2) is 0 Å². The molecule has 0 radical (unpaired) electrons. The van der Waals surface area contributed by atoms with E-state index in [1.807, 2.05) is 0 Å². The largest absolute Gasteiger partial charge is 0.465 e. The molecule has 1 fully saturated rings. The second-order valence-corrected chi connectivity index (χ2v) is 6.86. The maximum absolute atomic E-state index is 12.1. The average molecular weight is 349 g/mol. The molecule has 1 aromatic rings. The smallest absolute Gasteiger partial charge is 0.338 e. The van der Waals surface area contributed by atoms with Gasteiger partial charge in [0.25, 0.3) is 0 Å². The minimum Gasteiger partial charge on any atom is -0.465 e. The molecule has 1 aliphatic rings. The van der Waals surface area contributed by atoms with Crippen LogP contribution in [0.5, 0.6) is 0 Å². The van der Waals surface area contributed by atoms with Crippen LogP contribution in [0.3, 0.4) is 0 Å². The van der Waals surface area contributed by atoms with Gasteiger partial charge in [-0.25, -0.2) is 17.9 Å². The zero-order chi connectivity index (χ0) is 15.3. The van der Waals surface area contributed by atoms with E-state index in [-0.39, 0.29) is 29.8 Å². The number of carbonyl (C=O) groups excluding carboxylic acids is 1. The number of methoxy groups -OCH3 is 1. The average Bonchev–Trinajstić information content (AvgIpc) is 2.98. The highest BCUT2D eigenvalue weighted by Crippen LogP contribution is 2.13. The van der Waals surface area contributed by atoms with Crippen molar-refractivity contribution in [3.8, 4) is 0 Å². The fraction of sp³-hybridized carbons (Fsp3) is 0.500. The number of benzene rings is 1. The number of rotatable bonds is 6. The van der Waals surface area contributed by atoms with Crippen molar-refractivity contribution in [2.75, 3.05) is 20.2 Å². The Bertz CT molecular complexity index is 601. The van der Waals surface area contributed by atoms with Gasteiger partial charge in [0.1, 0.15) is 0 Å². The molecule has 124 valence electrons. The quantitative estimate of drug-likeness (QED) is 0.751. The van der Waals surface area contributed by atoms with Crippen molar-refractivity contribution in [2.45, 2.75) is 24.6 Å². The zero-order valence-corrected chi connectivity index (χ0v) is 14.0.